The van der Waals surface area contributed by atoms with Crippen LogP contribution in [0.4, 0.5) is 0 Å². The SMILES string of the molecule is Cc1ccc(S(=O)(=O)NCCn2c(=S)[nH]c3ccccc3c2=O)cc1. The van der Waals surface area contributed by atoms with Crippen molar-refractivity contribution in [3.05, 3.63) is 69.2 Å². The normalized spacial score (nSPS) is 11.7. The highest BCUT2D eigenvalue weighted by Gasteiger charge is 2.13. The zero-order chi connectivity index (χ0) is 18.0. The zero-order valence-electron chi connectivity index (χ0n) is 13.5. The van der Waals surface area contributed by atoms with Crippen LogP contribution in [0.2, 0.25) is 0 Å². The largest absolute Gasteiger partial charge is 0.332 e. The predicted molar refractivity (Wildman–Crippen MR) is 99.8 cm³/mol. The van der Waals surface area contributed by atoms with Gasteiger partial charge in [0.1, 0.15) is 0 Å². The molecule has 0 aliphatic rings. The van der Waals surface area contributed by atoms with Gasteiger partial charge in [0.15, 0.2) is 4.77 Å². The van der Waals surface area contributed by atoms with Gasteiger partial charge in [-0.3, -0.25) is 9.36 Å². The predicted octanol–water partition coefficient (Wildman–Crippen LogP) is 2.35. The topological polar surface area (TPSA) is 84.0 Å². The van der Waals surface area contributed by atoms with Gasteiger partial charge in [0.2, 0.25) is 10.0 Å². The highest BCUT2D eigenvalue weighted by molar-refractivity contribution is 7.89. The molecule has 0 radical (unpaired) electrons. The summed E-state index contributed by atoms with van der Waals surface area (Å²) in [7, 11) is -3.62. The number of nitrogens with one attached hydrogen (secondary N) is 2. The molecular weight excluding hydrogens is 358 g/mol. The number of benzene rings is 2. The molecule has 6 nitrogen and oxygen atoms in total. The van der Waals surface area contributed by atoms with Crippen LogP contribution in [-0.4, -0.2) is 24.5 Å². The van der Waals surface area contributed by atoms with E-state index in [9.17, 15) is 13.2 Å². The number of para-hydroxylation sites is 1. The minimum atomic E-state index is -3.62. The molecule has 0 saturated heterocycles. The van der Waals surface area contributed by atoms with Crippen LogP contribution in [0.5, 0.6) is 0 Å². The number of aromatic nitrogens is 2. The van der Waals surface area contributed by atoms with Crippen LogP contribution >= 0.6 is 12.2 Å². The molecule has 1 aromatic heterocycles. The van der Waals surface area contributed by atoms with E-state index in [4.69, 9.17) is 12.2 Å². The van der Waals surface area contributed by atoms with Crippen molar-refractivity contribution in [3.8, 4) is 0 Å². The Hall–Kier alpha value is -2.29. The number of aryl methyl sites for hydroxylation is 1. The van der Waals surface area contributed by atoms with Crippen molar-refractivity contribution < 1.29 is 8.42 Å². The van der Waals surface area contributed by atoms with E-state index in [0.29, 0.717) is 10.9 Å². The fourth-order valence-corrected chi connectivity index (χ4v) is 3.80. The average Bonchev–Trinajstić information content (AvgIpc) is 2.58. The Morgan fingerprint density at radius 3 is 2.52 bits per heavy atom. The van der Waals surface area contributed by atoms with E-state index in [1.54, 1.807) is 42.5 Å². The van der Waals surface area contributed by atoms with E-state index in [1.165, 1.54) is 4.57 Å². The standard InChI is InChI=1S/C17H17N3O3S2/c1-12-6-8-13(9-7-12)25(22,23)18-10-11-20-16(21)14-4-2-3-5-15(14)19-17(20)24/h2-9,18H,10-11H2,1H3,(H,19,24). The van der Waals surface area contributed by atoms with Crippen LogP contribution in [0.25, 0.3) is 10.9 Å². The van der Waals surface area contributed by atoms with E-state index < -0.39 is 10.0 Å². The van der Waals surface area contributed by atoms with Crippen LogP contribution in [0.3, 0.4) is 0 Å². The van der Waals surface area contributed by atoms with E-state index in [0.717, 1.165) is 5.56 Å². The fourth-order valence-electron chi connectivity index (χ4n) is 2.49. The molecule has 0 fully saturated rings. The zero-order valence-corrected chi connectivity index (χ0v) is 15.2. The molecule has 2 N–H and O–H groups in total. The maximum atomic E-state index is 12.5. The fraction of sp³-hybridized carbons (Fsp3) is 0.176. The minimum Gasteiger partial charge on any atom is -0.332 e. The van der Waals surface area contributed by atoms with E-state index >= 15 is 0 Å². The number of hydrogen-bond acceptors (Lipinski definition) is 4. The molecule has 25 heavy (non-hydrogen) atoms. The van der Waals surface area contributed by atoms with Crippen LogP contribution < -0.4 is 10.3 Å². The van der Waals surface area contributed by atoms with Gasteiger partial charge in [0, 0.05) is 13.1 Å². The Labute approximate surface area is 150 Å². The quantitative estimate of drug-likeness (QED) is 0.671. The van der Waals surface area contributed by atoms with Gasteiger partial charge in [-0.1, -0.05) is 29.8 Å². The van der Waals surface area contributed by atoms with Crippen molar-refractivity contribution in [1.82, 2.24) is 14.3 Å². The van der Waals surface area contributed by atoms with E-state index in [1.807, 2.05) is 13.0 Å². The molecule has 0 atom stereocenters. The molecule has 0 amide bonds. The molecule has 3 aromatic rings. The molecule has 0 aliphatic carbocycles. The summed E-state index contributed by atoms with van der Waals surface area (Å²) in [6.45, 7) is 2.09. The lowest BCUT2D eigenvalue weighted by Crippen LogP contribution is -2.31. The first-order valence-electron chi connectivity index (χ1n) is 7.67. The molecule has 0 aliphatic heterocycles. The van der Waals surface area contributed by atoms with Crippen molar-refractivity contribution in [1.29, 1.82) is 0 Å². The molecule has 1 heterocycles. The third kappa shape index (κ3) is 3.71. The first-order valence-corrected chi connectivity index (χ1v) is 9.56. The number of H-pyrrole nitrogens is 1. The van der Waals surface area contributed by atoms with Crippen molar-refractivity contribution in [2.45, 2.75) is 18.4 Å². The summed E-state index contributed by atoms with van der Waals surface area (Å²) in [5, 5.41) is 0.512. The summed E-state index contributed by atoms with van der Waals surface area (Å²) in [4.78, 5) is 15.7. The van der Waals surface area contributed by atoms with Gasteiger partial charge in [-0.15, -0.1) is 0 Å². The first kappa shape index (κ1) is 17.5. The third-order valence-electron chi connectivity index (χ3n) is 3.85. The Morgan fingerprint density at radius 2 is 1.80 bits per heavy atom. The summed E-state index contributed by atoms with van der Waals surface area (Å²) in [5.41, 5.74) is 1.40. The van der Waals surface area contributed by atoms with Gasteiger partial charge in [0.25, 0.3) is 5.56 Å². The van der Waals surface area contributed by atoms with Gasteiger partial charge in [-0.2, -0.15) is 0 Å². The second-order valence-electron chi connectivity index (χ2n) is 5.64. The second-order valence-corrected chi connectivity index (χ2v) is 7.80. The summed E-state index contributed by atoms with van der Waals surface area (Å²) in [5.74, 6) is 0. The second kappa shape index (κ2) is 6.91. The molecule has 3 rings (SSSR count). The number of rotatable bonds is 5. The maximum Gasteiger partial charge on any atom is 0.262 e. The average molecular weight is 375 g/mol. The molecule has 0 unspecified atom stereocenters. The highest BCUT2D eigenvalue weighted by Crippen LogP contribution is 2.10. The smallest absolute Gasteiger partial charge is 0.262 e. The molecule has 0 saturated carbocycles. The minimum absolute atomic E-state index is 0.0614. The maximum absolute atomic E-state index is 12.5. The monoisotopic (exact) mass is 375 g/mol. The molecule has 0 spiro atoms. The Kier molecular flexibility index (Phi) is 4.85. The lowest BCUT2D eigenvalue weighted by Gasteiger charge is -2.10. The highest BCUT2D eigenvalue weighted by atomic mass is 32.2. The van der Waals surface area contributed by atoms with Crippen molar-refractivity contribution >= 4 is 33.1 Å². The molecule has 0 bridgehead atoms. The number of fused-ring (bicyclic) bond motifs is 1. The molecule has 2 aromatic carbocycles. The van der Waals surface area contributed by atoms with Crippen molar-refractivity contribution in [3.63, 3.8) is 0 Å². The number of nitrogens with zero attached hydrogens (tertiary/aromatic N) is 1. The summed E-state index contributed by atoms with van der Waals surface area (Å²) in [6, 6.07) is 13.6. The van der Waals surface area contributed by atoms with Gasteiger partial charge in [0.05, 0.1) is 15.8 Å². The lowest BCUT2D eigenvalue weighted by molar-refractivity contribution is 0.568. The first-order chi connectivity index (χ1) is 11.9. The van der Waals surface area contributed by atoms with Crippen LogP contribution in [0.1, 0.15) is 5.56 Å². The van der Waals surface area contributed by atoms with Crippen LogP contribution in [0, 0.1) is 11.7 Å². The number of hydrogen-bond donors (Lipinski definition) is 2. The summed E-state index contributed by atoms with van der Waals surface area (Å²) < 4.78 is 28.7. The molecular formula is C17H17N3O3S2. The van der Waals surface area contributed by atoms with Gasteiger partial charge >= 0.3 is 0 Å². The van der Waals surface area contributed by atoms with E-state index in [2.05, 4.69) is 9.71 Å². The number of aromatic amines is 1. The summed E-state index contributed by atoms with van der Waals surface area (Å²) in [6.07, 6.45) is 0. The van der Waals surface area contributed by atoms with Crippen LogP contribution in [-0.2, 0) is 16.6 Å². The molecule has 130 valence electrons. The lowest BCUT2D eigenvalue weighted by atomic mass is 10.2. The number of sulfonamides is 1. The van der Waals surface area contributed by atoms with Gasteiger partial charge in [-0.25, -0.2) is 13.1 Å². The van der Waals surface area contributed by atoms with Gasteiger partial charge in [-0.05, 0) is 43.4 Å². The van der Waals surface area contributed by atoms with E-state index in [-0.39, 0.29) is 28.3 Å². The Bertz CT molecular complexity index is 1130. The van der Waals surface area contributed by atoms with Crippen molar-refractivity contribution in [2.75, 3.05) is 6.54 Å². The third-order valence-corrected chi connectivity index (χ3v) is 5.65. The van der Waals surface area contributed by atoms with Crippen LogP contribution in [0.15, 0.2) is 58.2 Å². The molecule has 8 heteroatoms. The van der Waals surface area contributed by atoms with Crippen molar-refractivity contribution in [2.24, 2.45) is 0 Å². The van der Waals surface area contributed by atoms with Gasteiger partial charge < -0.3 is 4.98 Å². The summed E-state index contributed by atoms with van der Waals surface area (Å²) >= 11 is 5.21. The Morgan fingerprint density at radius 1 is 1.12 bits per heavy atom. The Balaban J connectivity index is 1.80.